The highest BCUT2D eigenvalue weighted by Crippen LogP contribution is 2.33. The van der Waals surface area contributed by atoms with Crippen molar-refractivity contribution in [1.82, 2.24) is 15.1 Å². The van der Waals surface area contributed by atoms with Crippen molar-refractivity contribution in [3.63, 3.8) is 0 Å². The monoisotopic (exact) mass is 436 g/mol. The summed E-state index contributed by atoms with van der Waals surface area (Å²) in [5.74, 6) is -0.354. The molecule has 0 saturated heterocycles. The van der Waals surface area contributed by atoms with Gasteiger partial charge < -0.3 is 11.1 Å². The topological polar surface area (TPSA) is 72.9 Å². The van der Waals surface area contributed by atoms with E-state index in [1.807, 2.05) is 27.0 Å². The maximum atomic E-state index is 13.2. The van der Waals surface area contributed by atoms with Gasteiger partial charge in [-0.3, -0.25) is 9.48 Å². The largest absolute Gasteiger partial charge is 0.416 e. The van der Waals surface area contributed by atoms with Crippen LogP contribution in [-0.2, 0) is 19.6 Å². The first kappa shape index (κ1) is 22.0. The molecule has 0 aliphatic rings. The van der Waals surface area contributed by atoms with Crippen molar-refractivity contribution in [2.75, 3.05) is 6.54 Å². The second kappa shape index (κ2) is 8.61. The Morgan fingerprint density at radius 3 is 2.57 bits per heavy atom. The Morgan fingerprint density at radius 2 is 1.97 bits per heavy atom. The average molecular weight is 437 g/mol. The van der Waals surface area contributed by atoms with Gasteiger partial charge in [0, 0.05) is 30.1 Å². The number of nitrogens with zero attached hydrogens (tertiary/aromatic N) is 2. The summed E-state index contributed by atoms with van der Waals surface area (Å²) < 4.78 is 41.5. The van der Waals surface area contributed by atoms with Gasteiger partial charge in [-0.15, -0.1) is 11.3 Å². The van der Waals surface area contributed by atoms with Crippen LogP contribution in [-0.4, -0.2) is 28.3 Å². The number of carbonyl (C=O) groups excluding carboxylic acids is 1. The molecule has 3 N–H and O–H groups in total. The van der Waals surface area contributed by atoms with E-state index in [9.17, 15) is 18.0 Å². The SMILES string of the molecule is Cc1cc(-c2cc(C(=O)N[C@H](CN)Cc3ccccc3C(F)(F)F)sc2C)n(C)n1. The highest BCUT2D eigenvalue weighted by molar-refractivity contribution is 7.14. The maximum absolute atomic E-state index is 13.2. The van der Waals surface area contributed by atoms with Crippen LogP contribution in [0.3, 0.4) is 0 Å². The number of hydrogen-bond acceptors (Lipinski definition) is 4. The smallest absolute Gasteiger partial charge is 0.347 e. The Bertz CT molecular complexity index is 1050. The second-order valence-electron chi connectivity index (χ2n) is 7.14. The molecule has 0 spiro atoms. The number of hydrogen-bond donors (Lipinski definition) is 2. The maximum Gasteiger partial charge on any atom is 0.416 e. The van der Waals surface area contributed by atoms with Gasteiger partial charge in [0.1, 0.15) is 0 Å². The lowest BCUT2D eigenvalue weighted by atomic mass is 9.99. The summed E-state index contributed by atoms with van der Waals surface area (Å²) in [7, 11) is 1.84. The Balaban J connectivity index is 1.79. The minimum Gasteiger partial charge on any atom is -0.347 e. The molecule has 0 unspecified atom stereocenters. The molecule has 0 aliphatic heterocycles. The number of amides is 1. The van der Waals surface area contributed by atoms with Crippen LogP contribution >= 0.6 is 11.3 Å². The van der Waals surface area contributed by atoms with E-state index in [4.69, 9.17) is 5.73 Å². The molecule has 2 heterocycles. The molecule has 2 aromatic heterocycles. The zero-order chi connectivity index (χ0) is 22.1. The van der Waals surface area contributed by atoms with Crippen LogP contribution in [0.1, 0.15) is 31.4 Å². The van der Waals surface area contributed by atoms with E-state index in [2.05, 4.69) is 10.4 Å². The Morgan fingerprint density at radius 1 is 1.27 bits per heavy atom. The number of rotatable bonds is 6. The molecule has 0 aliphatic carbocycles. The summed E-state index contributed by atoms with van der Waals surface area (Å²) in [5, 5.41) is 7.11. The Labute approximate surface area is 176 Å². The Hall–Kier alpha value is -2.65. The number of aryl methyl sites for hydroxylation is 3. The molecule has 9 heteroatoms. The number of alkyl halides is 3. The number of benzene rings is 1. The number of aromatic nitrogens is 2. The highest BCUT2D eigenvalue weighted by Gasteiger charge is 2.33. The van der Waals surface area contributed by atoms with Gasteiger partial charge in [-0.05, 0) is 44.0 Å². The van der Waals surface area contributed by atoms with E-state index in [-0.39, 0.29) is 24.4 Å². The fourth-order valence-electron chi connectivity index (χ4n) is 3.40. The van der Waals surface area contributed by atoms with Gasteiger partial charge in [0.15, 0.2) is 0 Å². The van der Waals surface area contributed by atoms with Gasteiger partial charge in [-0.2, -0.15) is 18.3 Å². The Kier molecular flexibility index (Phi) is 6.33. The summed E-state index contributed by atoms with van der Waals surface area (Å²) in [4.78, 5) is 14.2. The summed E-state index contributed by atoms with van der Waals surface area (Å²) in [6.07, 6.45) is -4.46. The highest BCUT2D eigenvalue weighted by atomic mass is 32.1. The molecule has 160 valence electrons. The fraction of sp³-hybridized carbons (Fsp3) is 0.333. The number of nitrogens with two attached hydrogens (primary N) is 1. The average Bonchev–Trinajstić information content (AvgIpc) is 3.21. The first-order chi connectivity index (χ1) is 14.1. The number of thiophene rings is 1. The van der Waals surface area contributed by atoms with E-state index in [0.717, 1.165) is 27.9 Å². The standard InChI is InChI=1S/C21H23F3N4OS/c1-12-8-18(28(3)27-12)16-10-19(30-13(16)2)20(29)26-15(11-25)9-14-6-4-5-7-17(14)21(22,23)24/h4-8,10,15H,9,11,25H2,1-3H3,(H,26,29)/t15-/m0/s1. The van der Waals surface area contributed by atoms with Crippen LogP contribution in [0.4, 0.5) is 13.2 Å². The van der Waals surface area contributed by atoms with Crippen LogP contribution in [0, 0.1) is 13.8 Å². The van der Waals surface area contributed by atoms with Gasteiger partial charge >= 0.3 is 6.18 Å². The van der Waals surface area contributed by atoms with Crippen molar-refractivity contribution < 1.29 is 18.0 Å². The first-order valence-electron chi connectivity index (χ1n) is 9.37. The fourth-order valence-corrected chi connectivity index (χ4v) is 4.33. The molecule has 1 atom stereocenters. The van der Waals surface area contributed by atoms with Crippen LogP contribution in [0.2, 0.25) is 0 Å². The molecule has 0 bridgehead atoms. The van der Waals surface area contributed by atoms with Crippen LogP contribution < -0.4 is 11.1 Å². The lowest BCUT2D eigenvalue weighted by molar-refractivity contribution is -0.138. The molecular weight excluding hydrogens is 413 g/mol. The van der Waals surface area contributed by atoms with Crippen molar-refractivity contribution in [2.24, 2.45) is 12.8 Å². The minimum absolute atomic E-state index is 0.00391. The summed E-state index contributed by atoms with van der Waals surface area (Å²) in [6.45, 7) is 3.83. The third kappa shape index (κ3) is 4.73. The molecule has 3 aromatic rings. The zero-order valence-electron chi connectivity index (χ0n) is 16.9. The van der Waals surface area contributed by atoms with E-state index in [1.165, 1.54) is 23.5 Å². The van der Waals surface area contributed by atoms with Gasteiger partial charge in [-0.25, -0.2) is 0 Å². The molecular formula is C21H23F3N4OS. The van der Waals surface area contributed by atoms with Gasteiger partial charge in [0.05, 0.1) is 21.8 Å². The molecule has 0 radical (unpaired) electrons. The number of nitrogens with one attached hydrogen (secondary N) is 1. The number of halogens is 3. The third-order valence-corrected chi connectivity index (χ3v) is 5.88. The van der Waals surface area contributed by atoms with Crippen molar-refractivity contribution >= 4 is 17.2 Å². The molecule has 0 saturated carbocycles. The van der Waals surface area contributed by atoms with Crippen molar-refractivity contribution in [3.8, 4) is 11.3 Å². The predicted molar refractivity (Wildman–Crippen MR) is 111 cm³/mol. The minimum atomic E-state index is -4.46. The summed E-state index contributed by atoms with van der Waals surface area (Å²) >= 11 is 1.33. The lowest BCUT2D eigenvalue weighted by Gasteiger charge is -2.19. The number of carbonyl (C=O) groups is 1. The van der Waals surface area contributed by atoms with E-state index in [0.29, 0.717) is 4.88 Å². The molecule has 0 fully saturated rings. The lowest BCUT2D eigenvalue weighted by Crippen LogP contribution is -2.41. The predicted octanol–water partition coefficient (Wildman–Crippen LogP) is 4.08. The van der Waals surface area contributed by atoms with E-state index >= 15 is 0 Å². The van der Waals surface area contributed by atoms with Crippen LogP contribution in [0.25, 0.3) is 11.3 Å². The van der Waals surface area contributed by atoms with Gasteiger partial charge in [0.25, 0.3) is 5.91 Å². The van der Waals surface area contributed by atoms with Crippen molar-refractivity contribution in [3.05, 3.63) is 63.0 Å². The van der Waals surface area contributed by atoms with Crippen LogP contribution in [0.5, 0.6) is 0 Å². The molecule has 1 amide bonds. The first-order valence-corrected chi connectivity index (χ1v) is 10.2. The third-order valence-electron chi connectivity index (χ3n) is 4.83. The van der Waals surface area contributed by atoms with Crippen LogP contribution in [0.15, 0.2) is 36.4 Å². The molecule has 30 heavy (non-hydrogen) atoms. The quantitative estimate of drug-likeness (QED) is 0.612. The summed E-state index contributed by atoms with van der Waals surface area (Å²) in [5.41, 5.74) is 7.82. The van der Waals surface area contributed by atoms with E-state index < -0.39 is 17.8 Å². The summed E-state index contributed by atoms with van der Waals surface area (Å²) in [6, 6.07) is 8.44. The molecule has 5 nitrogen and oxygen atoms in total. The van der Waals surface area contributed by atoms with Crippen molar-refractivity contribution in [2.45, 2.75) is 32.5 Å². The normalized spacial score (nSPS) is 12.8. The second-order valence-corrected chi connectivity index (χ2v) is 8.40. The van der Waals surface area contributed by atoms with Crippen molar-refractivity contribution in [1.29, 1.82) is 0 Å². The molecule has 3 rings (SSSR count). The van der Waals surface area contributed by atoms with Gasteiger partial charge in [-0.1, -0.05) is 18.2 Å². The van der Waals surface area contributed by atoms with Gasteiger partial charge in [0.2, 0.25) is 0 Å². The molecule has 1 aromatic carbocycles. The zero-order valence-corrected chi connectivity index (χ0v) is 17.7. The van der Waals surface area contributed by atoms with E-state index in [1.54, 1.807) is 16.8 Å².